The number of piperidine rings is 1. The first kappa shape index (κ1) is 15.3. The molecule has 3 heterocycles. The lowest BCUT2D eigenvalue weighted by molar-refractivity contribution is -0.0326. The number of benzene rings is 1. The van der Waals surface area contributed by atoms with Crippen LogP contribution in [-0.4, -0.2) is 35.5 Å². The largest absolute Gasteiger partial charge is 0.370 e. The van der Waals surface area contributed by atoms with Gasteiger partial charge < -0.3 is 9.64 Å². The Morgan fingerprint density at radius 2 is 1.79 bits per heavy atom. The van der Waals surface area contributed by atoms with Gasteiger partial charge in [0.1, 0.15) is 0 Å². The van der Waals surface area contributed by atoms with Gasteiger partial charge in [0.2, 0.25) is 0 Å². The average Bonchev–Trinajstić information content (AvgIpc) is 2.63. The second-order valence-electron chi connectivity index (χ2n) is 6.78. The van der Waals surface area contributed by atoms with Crippen molar-refractivity contribution in [2.24, 2.45) is 0 Å². The third-order valence-electron chi connectivity index (χ3n) is 5.05. The van der Waals surface area contributed by atoms with Crippen molar-refractivity contribution >= 4 is 5.82 Å². The summed E-state index contributed by atoms with van der Waals surface area (Å²) in [7, 11) is 0. The highest BCUT2D eigenvalue weighted by atomic mass is 16.5. The fourth-order valence-electron chi connectivity index (χ4n) is 3.64. The first-order valence-corrected chi connectivity index (χ1v) is 8.71. The number of nitrogens with zero attached hydrogens (tertiary/aromatic N) is 3. The smallest absolute Gasteiger partial charge is 0.151 e. The summed E-state index contributed by atoms with van der Waals surface area (Å²) >= 11 is 0. The van der Waals surface area contributed by atoms with Gasteiger partial charge in [-0.2, -0.15) is 0 Å². The lowest BCUT2D eigenvalue weighted by Crippen LogP contribution is -2.46. The van der Waals surface area contributed by atoms with E-state index in [0.717, 1.165) is 56.0 Å². The Labute approximate surface area is 143 Å². The van der Waals surface area contributed by atoms with Gasteiger partial charge in [-0.25, -0.2) is 0 Å². The Morgan fingerprint density at radius 3 is 2.46 bits per heavy atom. The van der Waals surface area contributed by atoms with Gasteiger partial charge in [0.25, 0.3) is 0 Å². The van der Waals surface area contributed by atoms with Crippen molar-refractivity contribution in [1.82, 2.24) is 10.2 Å². The highest BCUT2D eigenvalue weighted by Crippen LogP contribution is 2.34. The average molecular weight is 321 g/mol. The number of aromatic nitrogens is 2. The van der Waals surface area contributed by atoms with E-state index in [9.17, 15) is 0 Å². The van der Waals surface area contributed by atoms with E-state index in [-0.39, 0.29) is 5.60 Å². The van der Waals surface area contributed by atoms with Crippen LogP contribution in [0.5, 0.6) is 0 Å². The van der Waals surface area contributed by atoms with Crippen molar-refractivity contribution in [2.75, 3.05) is 24.6 Å². The van der Waals surface area contributed by atoms with Gasteiger partial charge in [0.05, 0.1) is 17.9 Å². The lowest BCUT2D eigenvalue weighted by Gasteiger charge is -2.42. The van der Waals surface area contributed by atoms with Crippen molar-refractivity contribution in [3.8, 4) is 11.3 Å². The molecule has 1 aromatic heterocycles. The van der Waals surface area contributed by atoms with Gasteiger partial charge in [0, 0.05) is 18.7 Å². The van der Waals surface area contributed by atoms with Crippen LogP contribution in [0.1, 0.15) is 26.2 Å². The van der Waals surface area contributed by atoms with E-state index in [1.54, 1.807) is 0 Å². The summed E-state index contributed by atoms with van der Waals surface area (Å²) in [5, 5.41) is 8.85. The molecule has 2 aromatic rings. The zero-order chi connectivity index (χ0) is 16.4. The minimum atomic E-state index is -0.0454. The predicted octanol–water partition coefficient (Wildman–Crippen LogP) is 3.85. The Bertz CT molecular complexity index is 716. The Morgan fingerprint density at radius 1 is 1.00 bits per heavy atom. The van der Waals surface area contributed by atoms with Gasteiger partial charge in [-0.15, -0.1) is 10.2 Å². The predicted molar refractivity (Wildman–Crippen MR) is 96.0 cm³/mol. The van der Waals surface area contributed by atoms with E-state index < -0.39 is 0 Å². The molecule has 4 nitrogen and oxygen atoms in total. The molecule has 0 radical (unpaired) electrons. The molecule has 0 amide bonds. The summed E-state index contributed by atoms with van der Waals surface area (Å²) in [6, 6.07) is 14.3. The normalized spacial score (nSPS) is 20.0. The van der Waals surface area contributed by atoms with Crippen molar-refractivity contribution < 1.29 is 4.74 Å². The third kappa shape index (κ3) is 3.06. The van der Waals surface area contributed by atoms with Crippen LogP contribution in [0.15, 0.2) is 54.1 Å². The molecular weight excluding hydrogens is 298 g/mol. The Hall–Kier alpha value is -2.20. The quantitative estimate of drug-likeness (QED) is 0.788. The molecule has 4 heteroatoms. The van der Waals surface area contributed by atoms with Crippen molar-refractivity contribution in [3.63, 3.8) is 0 Å². The summed E-state index contributed by atoms with van der Waals surface area (Å²) in [6.45, 7) is 4.99. The summed E-state index contributed by atoms with van der Waals surface area (Å²) in [5.41, 5.74) is 3.44. The monoisotopic (exact) mass is 321 g/mol. The first-order valence-electron chi connectivity index (χ1n) is 8.71. The molecule has 0 aliphatic carbocycles. The second kappa shape index (κ2) is 6.36. The molecule has 4 rings (SSSR count). The Kier molecular flexibility index (Phi) is 4.07. The molecule has 1 aromatic carbocycles. The molecule has 0 atom stereocenters. The molecule has 1 fully saturated rings. The Balaban J connectivity index is 1.45. The van der Waals surface area contributed by atoms with E-state index in [1.807, 2.05) is 18.2 Å². The van der Waals surface area contributed by atoms with Crippen molar-refractivity contribution in [1.29, 1.82) is 0 Å². The maximum absolute atomic E-state index is 6.10. The molecule has 1 spiro atoms. The molecule has 2 aliphatic rings. The van der Waals surface area contributed by atoms with Crippen LogP contribution in [0.4, 0.5) is 5.82 Å². The van der Waals surface area contributed by atoms with E-state index in [0.29, 0.717) is 0 Å². The fraction of sp³-hybridized carbons (Fsp3) is 0.400. The van der Waals surface area contributed by atoms with Crippen molar-refractivity contribution in [3.05, 3.63) is 54.1 Å². The van der Waals surface area contributed by atoms with Gasteiger partial charge in [-0.05, 0) is 38.3 Å². The number of hydrogen-bond donors (Lipinski definition) is 0. The number of ether oxygens (including phenoxy) is 1. The fourth-order valence-corrected chi connectivity index (χ4v) is 3.64. The van der Waals surface area contributed by atoms with Crippen LogP contribution >= 0.6 is 0 Å². The summed E-state index contributed by atoms with van der Waals surface area (Å²) in [4.78, 5) is 2.31. The molecule has 0 saturated carbocycles. The standard InChI is InChI=1S/C20H23N3O/c1-16-9-14-24-20(15-16)10-12-23(13-11-20)19-8-7-18(21-22-19)17-5-3-2-4-6-17/h2-8,15H,9-14H2,1H3. The molecule has 1 saturated heterocycles. The summed E-state index contributed by atoms with van der Waals surface area (Å²) < 4.78 is 6.10. The van der Waals surface area contributed by atoms with Crippen LogP contribution in [0.2, 0.25) is 0 Å². The highest BCUT2D eigenvalue weighted by molar-refractivity contribution is 5.59. The van der Waals surface area contributed by atoms with Crippen LogP contribution in [0.3, 0.4) is 0 Å². The van der Waals surface area contributed by atoms with Gasteiger partial charge in [0.15, 0.2) is 5.82 Å². The lowest BCUT2D eigenvalue weighted by atomic mass is 9.87. The van der Waals surface area contributed by atoms with Crippen LogP contribution < -0.4 is 4.90 Å². The second-order valence-corrected chi connectivity index (χ2v) is 6.78. The molecule has 24 heavy (non-hydrogen) atoms. The SMILES string of the molecule is CC1=CC2(CCN(c3ccc(-c4ccccc4)nn3)CC2)OCC1. The highest BCUT2D eigenvalue weighted by Gasteiger charge is 2.35. The van der Waals surface area contributed by atoms with Crippen molar-refractivity contribution in [2.45, 2.75) is 31.8 Å². The first-order chi connectivity index (χ1) is 11.7. The minimum absolute atomic E-state index is 0.0454. The molecule has 0 unspecified atom stereocenters. The number of anilines is 1. The van der Waals surface area contributed by atoms with Gasteiger partial charge in [-0.3, -0.25) is 0 Å². The maximum Gasteiger partial charge on any atom is 0.151 e. The molecule has 0 N–H and O–H groups in total. The zero-order valence-electron chi connectivity index (χ0n) is 14.1. The topological polar surface area (TPSA) is 38.2 Å². The van der Waals surface area contributed by atoms with E-state index in [2.05, 4.69) is 52.4 Å². The number of hydrogen-bond acceptors (Lipinski definition) is 4. The minimum Gasteiger partial charge on any atom is -0.370 e. The van der Waals surface area contributed by atoms with Gasteiger partial charge in [-0.1, -0.05) is 42.0 Å². The molecule has 124 valence electrons. The zero-order valence-corrected chi connectivity index (χ0v) is 14.1. The molecular formula is C20H23N3O. The maximum atomic E-state index is 6.10. The number of rotatable bonds is 2. The molecule has 2 aliphatic heterocycles. The summed E-state index contributed by atoms with van der Waals surface area (Å²) in [5.74, 6) is 0.959. The van der Waals surface area contributed by atoms with E-state index in [4.69, 9.17) is 4.74 Å². The molecule has 0 bridgehead atoms. The van der Waals surface area contributed by atoms with Gasteiger partial charge >= 0.3 is 0 Å². The van der Waals surface area contributed by atoms with E-state index in [1.165, 1.54) is 5.57 Å². The van der Waals surface area contributed by atoms with Crippen LogP contribution in [-0.2, 0) is 4.74 Å². The third-order valence-corrected chi connectivity index (χ3v) is 5.05. The van der Waals surface area contributed by atoms with Crippen LogP contribution in [0.25, 0.3) is 11.3 Å². The summed E-state index contributed by atoms with van der Waals surface area (Å²) in [6.07, 6.45) is 5.45. The van der Waals surface area contributed by atoms with E-state index >= 15 is 0 Å². The van der Waals surface area contributed by atoms with Crippen LogP contribution in [0, 0.1) is 0 Å².